The summed E-state index contributed by atoms with van der Waals surface area (Å²) in [5, 5.41) is 31.7. The first-order valence-electron chi connectivity index (χ1n) is 4.05. The molecule has 1 unspecified atom stereocenters. The van der Waals surface area contributed by atoms with Crippen LogP contribution in [0.15, 0.2) is 18.2 Å². The maximum absolute atomic E-state index is 10.7. The fraction of sp³-hybridized carbons (Fsp3) is 0.143. The maximum atomic E-state index is 10.7. The van der Waals surface area contributed by atoms with E-state index in [1.807, 2.05) is 0 Å². The van der Waals surface area contributed by atoms with Gasteiger partial charge < -0.3 is 0 Å². The fourth-order valence-electron chi connectivity index (χ4n) is 1.20. The zero-order valence-corrected chi connectivity index (χ0v) is 8.73. The van der Waals surface area contributed by atoms with Crippen molar-refractivity contribution in [3.63, 3.8) is 0 Å². The minimum absolute atomic E-state index is 0.518. The maximum Gasteiger partial charge on any atom is 0.357 e. The normalized spacial score (nSPS) is 11.8. The molecule has 1 aromatic rings. The molecule has 0 aromatic heterocycles. The molecule has 1 atom stereocenters. The molecular formula is C7H4ClN3O6. The van der Waals surface area contributed by atoms with E-state index >= 15 is 0 Å². The lowest BCUT2D eigenvalue weighted by Crippen LogP contribution is -2.08. The lowest BCUT2D eigenvalue weighted by atomic mass is 10.1. The molecule has 0 spiro atoms. The summed E-state index contributed by atoms with van der Waals surface area (Å²) in [5.74, 6) is 0. The van der Waals surface area contributed by atoms with Gasteiger partial charge in [0.1, 0.15) is 5.56 Å². The van der Waals surface area contributed by atoms with Crippen molar-refractivity contribution in [3.05, 3.63) is 54.1 Å². The second-order valence-electron chi connectivity index (χ2n) is 2.85. The van der Waals surface area contributed by atoms with Crippen molar-refractivity contribution in [2.75, 3.05) is 0 Å². The summed E-state index contributed by atoms with van der Waals surface area (Å²) < 4.78 is 0. The zero-order valence-electron chi connectivity index (χ0n) is 7.98. The number of alkyl halides is 1. The molecule has 0 aliphatic rings. The van der Waals surface area contributed by atoms with Crippen LogP contribution in [0.5, 0.6) is 0 Å². The molecule has 0 heterocycles. The molecule has 17 heavy (non-hydrogen) atoms. The highest BCUT2D eigenvalue weighted by atomic mass is 35.5. The molecule has 9 nitrogen and oxygen atoms in total. The summed E-state index contributed by atoms with van der Waals surface area (Å²) in [4.78, 5) is 28.7. The summed E-state index contributed by atoms with van der Waals surface area (Å²) in [5.41, 5.74) is -4.22. The number of para-hydroxylation sites is 1. The molecule has 0 saturated carbocycles. The van der Waals surface area contributed by atoms with Crippen molar-refractivity contribution in [3.8, 4) is 0 Å². The molecular weight excluding hydrogens is 258 g/mol. The lowest BCUT2D eigenvalue weighted by Gasteiger charge is -2.03. The minimum Gasteiger partial charge on any atom is -0.263 e. The molecule has 0 radical (unpaired) electrons. The Morgan fingerprint density at radius 3 is 2.06 bits per heavy atom. The monoisotopic (exact) mass is 261 g/mol. The van der Waals surface area contributed by atoms with Gasteiger partial charge in [-0.15, -0.1) is 0 Å². The van der Waals surface area contributed by atoms with Crippen molar-refractivity contribution < 1.29 is 14.8 Å². The first-order valence-corrected chi connectivity index (χ1v) is 4.49. The SMILES string of the molecule is O=[N+]([O-])c1cccc(C(Cl)[N+](=O)[O-])c1[N+](=O)[O-]. The fourth-order valence-corrected chi connectivity index (χ4v) is 1.38. The first kappa shape index (κ1) is 12.8. The number of halogens is 1. The smallest absolute Gasteiger partial charge is 0.263 e. The minimum atomic E-state index is -1.91. The summed E-state index contributed by atoms with van der Waals surface area (Å²) in [6.07, 6.45) is 0. The third-order valence-electron chi connectivity index (χ3n) is 1.87. The van der Waals surface area contributed by atoms with E-state index in [1.165, 1.54) is 0 Å². The second kappa shape index (κ2) is 4.70. The van der Waals surface area contributed by atoms with Gasteiger partial charge in [0.15, 0.2) is 0 Å². The Labute approximate surface area is 98.1 Å². The largest absolute Gasteiger partial charge is 0.357 e. The van der Waals surface area contributed by atoms with E-state index in [0.717, 1.165) is 18.2 Å². The Morgan fingerprint density at radius 2 is 1.65 bits per heavy atom. The lowest BCUT2D eigenvalue weighted by molar-refractivity contribution is -0.506. The van der Waals surface area contributed by atoms with Crippen LogP contribution in [0.2, 0.25) is 0 Å². The quantitative estimate of drug-likeness (QED) is 0.353. The van der Waals surface area contributed by atoms with E-state index in [9.17, 15) is 30.3 Å². The number of nitro benzene ring substituents is 2. The summed E-state index contributed by atoms with van der Waals surface area (Å²) in [7, 11) is 0. The van der Waals surface area contributed by atoms with Crippen molar-refractivity contribution in [1.82, 2.24) is 0 Å². The topological polar surface area (TPSA) is 129 Å². The van der Waals surface area contributed by atoms with Gasteiger partial charge in [-0.2, -0.15) is 0 Å². The molecule has 0 amide bonds. The highest BCUT2D eigenvalue weighted by molar-refractivity contribution is 6.20. The van der Waals surface area contributed by atoms with Crippen LogP contribution in [-0.2, 0) is 0 Å². The van der Waals surface area contributed by atoms with Gasteiger partial charge in [0, 0.05) is 11.0 Å². The van der Waals surface area contributed by atoms with E-state index < -0.39 is 37.2 Å². The van der Waals surface area contributed by atoms with Crippen LogP contribution in [0.3, 0.4) is 0 Å². The second-order valence-corrected chi connectivity index (χ2v) is 3.26. The van der Waals surface area contributed by atoms with Crippen LogP contribution in [0, 0.1) is 30.3 Å². The van der Waals surface area contributed by atoms with Gasteiger partial charge in [-0.1, -0.05) is 6.07 Å². The van der Waals surface area contributed by atoms with E-state index in [-0.39, 0.29) is 0 Å². The Balaban J connectivity index is 3.50. The van der Waals surface area contributed by atoms with E-state index in [0.29, 0.717) is 0 Å². The standard InChI is InChI=1S/C7H4ClN3O6/c8-7(11(16)17)4-2-1-3-5(9(12)13)6(4)10(14)15/h1-3,7H. The number of hydrogen-bond donors (Lipinski definition) is 0. The predicted octanol–water partition coefficient (Wildman–Crippen LogP) is 2.02. The molecule has 1 aromatic carbocycles. The Morgan fingerprint density at radius 1 is 1.06 bits per heavy atom. The molecule has 0 N–H and O–H groups in total. The number of nitro groups is 3. The van der Waals surface area contributed by atoms with E-state index in [1.54, 1.807) is 0 Å². The molecule has 0 bridgehead atoms. The summed E-state index contributed by atoms with van der Waals surface area (Å²) in [6, 6.07) is 2.98. The van der Waals surface area contributed by atoms with Crippen molar-refractivity contribution >= 4 is 23.0 Å². The van der Waals surface area contributed by atoms with E-state index in [4.69, 9.17) is 11.6 Å². The zero-order chi connectivity index (χ0) is 13.2. The van der Waals surface area contributed by atoms with Crippen molar-refractivity contribution in [2.45, 2.75) is 5.50 Å². The van der Waals surface area contributed by atoms with Gasteiger partial charge in [-0.05, 0) is 17.7 Å². The van der Waals surface area contributed by atoms with Crippen LogP contribution < -0.4 is 0 Å². The molecule has 10 heteroatoms. The van der Waals surface area contributed by atoms with Gasteiger partial charge in [0.05, 0.1) is 9.85 Å². The van der Waals surface area contributed by atoms with Gasteiger partial charge >= 0.3 is 16.9 Å². The van der Waals surface area contributed by atoms with Crippen LogP contribution in [-0.4, -0.2) is 14.8 Å². The molecule has 0 fully saturated rings. The number of nitrogens with zero attached hydrogens (tertiary/aromatic N) is 3. The third kappa shape index (κ3) is 2.45. The Hall–Kier alpha value is -2.29. The molecule has 90 valence electrons. The number of rotatable bonds is 4. The first-order chi connectivity index (χ1) is 7.86. The Bertz CT molecular complexity index is 504. The Kier molecular flexibility index (Phi) is 3.53. The van der Waals surface area contributed by atoms with Crippen molar-refractivity contribution in [1.29, 1.82) is 0 Å². The molecule has 0 aliphatic heterocycles. The predicted molar refractivity (Wildman–Crippen MR) is 55.3 cm³/mol. The van der Waals surface area contributed by atoms with Crippen LogP contribution in [0.4, 0.5) is 11.4 Å². The third-order valence-corrected chi connectivity index (χ3v) is 2.26. The van der Waals surface area contributed by atoms with Crippen molar-refractivity contribution in [2.24, 2.45) is 0 Å². The average Bonchev–Trinajstić information content (AvgIpc) is 2.26. The van der Waals surface area contributed by atoms with Crippen LogP contribution in [0.1, 0.15) is 11.1 Å². The summed E-state index contributed by atoms with van der Waals surface area (Å²) >= 11 is 5.34. The molecule has 0 aliphatic carbocycles. The van der Waals surface area contributed by atoms with E-state index in [2.05, 4.69) is 0 Å². The van der Waals surface area contributed by atoms with Gasteiger partial charge in [-0.25, -0.2) is 0 Å². The average molecular weight is 262 g/mol. The van der Waals surface area contributed by atoms with Gasteiger partial charge in [0.25, 0.3) is 0 Å². The molecule has 1 rings (SSSR count). The van der Waals surface area contributed by atoms with Crippen LogP contribution in [0.25, 0.3) is 0 Å². The van der Waals surface area contributed by atoms with Crippen LogP contribution >= 0.6 is 11.6 Å². The number of hydrogen-bond acceptors (Lipinski definition) is 6. The molecule has 0 saturated heterocycles. The highest BCUT2D eigenvalue weighted by Crippen LogP contribution is 2.36. The summed E-state index contributed by atoms with van der Waals surface area (Å²) in [6.45, 7) is 0. The van der Waals surface area contributed by atoms with Gasteiger partial charge in [0.2, 0.25) is 0 Å². The van der Waals surface area contributed by atoms with Gasteiger partial charge in [-0.3, -0.25) is 30.3 Å². The number of benzene rings is 1. The highest BCUT2D eigenvalue weighted by Gasteiger charge is 2.35.